The van der Waals surface area contributed by atoms with Crippen LogP contribution in [0.3, 0.4) is 0 Å². The number of aliphatic hydroxyl groups is 1. The summed E-state index contributed by atoms with van der Waals surface area (Å²) in [6.45, 7) is 15.3. The van der Waals surface area contributed by atoms with Gasteiger partial charge in [-0.1, -0.05) is 5.57 Å². The van der Waals surface area contributed by atoms with Crippen molar-refractivity contribution in [2.24, 2.45) is 0 Å². The van der Waals surface area contributed by atoms with E-state index in [4.69, 9.17) is 66.7 Å². The van der Waals surface area contributed by atoms with Gasteiger partial charge in [-0.15, -0.1) is 0 Å². The van der Waals surface area contributed by atoms with Gasteiger partial charge in [0.25, 0.3) is 0 Å². The Labute approximate surface area is 274 Å². The molecule has 0 aliphatic rings. The van der Waals surface area contributed by atoms with Gasteiger partial charge in [-0.25, -0.2) is 4.79 Å². The summed E-state index contributed by atoms with van der Waals surface area (Å²) < 4.78 is 69.7. The molecule has 0 heterocycles. The number of carbonyl (C=O) groups is 1. The van der Waals surface area contributed by atoms with E-state index in [0.29, 0.717) is 159 Å². The minimum Gasteiger partial charge on any atom is -0.460 e. The second-order valence-corrected chi connectivity index (χ2v) is 9.46. The van der Waals surface area contributed by atoms with Crippen LogP contribution in [-0.2, 0) is 66.4 Å². The molecule has 46 heavy (non-hydrogen) atoms. The molecule has 0 spiro atoms. The number of ether oxygens (including phenoxy) is 13. The van der Waals surface area contributed by atoms with Crippen molar-refractivity contribution in [1.82, 2.24) is 0 Å². The van der Waals surface area contributed by atoms with Crippen molar-refractivity contribution in [1.29, 1.82) is 0 Å². The van der Waals surface area contributed by atoms with Crippen molar-refractivity contribution < 1.29 is 71.5 Å². The Morgan fingerprint density at radius 2 is 0.565 bits per heavy atom. The van der Waals surface area contributed by atoms with Crippen LogP contribution in [0.4, 0.5) is 0 Å². The van der Waals surface area contributed by atoms with Crippen molar-refractivity contribution in [3.8, 4) is 0 Å². The standard InChI is InChI=1S/C31H60O15/c1-30(2)29-31(33)46-28-27-45-26-25-44-24-23-43-22-21-42-20-19-41-18-17-40-16-15-39-14-13-38-12-11-37-10-9-36-8-7-35-6-5-34-4-3-32/h29,32H,3-28H2,1-2H3. The van der Waals surface area contributed by atoms with E-state index in [-0.39, 0.29) is 19.2 Å². The first-order valence-corrected chi connectivity index (χ1v) is 16.0. The normalized spacial score (nSPS) is 11.3. The predicted octanol–water partition coefficient (Wildman–Crippen LogP) is 0.687. The van der Waals surface area contributed by atoms with Gasteiger partial charge in [0, 0.05) is 6.08 Å². The Kier molecular flexibility index (Phi) is 38.7. The highest BCUT2D eigenvalue weighted by atomic mass is 16.6. The van der Waals surface area contributed by atoms with Gasteiger partial charge in [0.05, 0.1) is 165 Å². The minimum absolute atomic E-state index is 0.0216. The molecule has 0 aliphatic carbocycles. The number of esters is 1. The maximum atomic E-state index is 11.3. The van der Waals surface area contributed by atoms with Crippen LogP contribution >= 0.6 is 0 Å². The summed E-state index contributed by atoms with van der Waals surface area (Å²) in [6.07, 6.45) is 1.45. The first-order valence-electron chi connectivity index (χ1n) is 16.0. The Hall–Kier alpha value is -1.31. The highest BCUT2D eigenvalue weighted by molar-refractivity contribution is 5.82. The molecule has 0 atom stereocenters. The molecule has 274 valence electrons. The van der Waals surface area contributed by atoms with Crippen molar-refractivity contribution in [2.45, 2.75) is 13.8 Å². The number of aliphatic hydroxyl groups excluding tert-OH is 1. The Balaban J connectivity index is 3.08. The maximum absolute atomic E-state index is 11.3. The molecule has 0 aromatic rings. The topological polar surface area (TPSA) is 157 Å². The number of carbonyl (C=O) groups excluding carboxylic acids is 1. The number of allylic oxidation sites excluding steroid dienone is 1. The monoisotopic (exact) mass is 672 g/mol. The molecule has 0 amide bonds. The zero-order valence-corrected chi connectivity index (χ0v) is 28.1. The molecule has 15 nitrogen and oxygen atoms in total. The second kappa shape index (κ2) is 39.9. The zero-order valence-electron chi connectivity index (χ0n) is 28.1. The molecule has 15 heteroatoms. The molecule has 0 radical (unpaired) electrons. The predicted molar refractivity (Wildman–Crippen MR) is 167 cm³/mol. The van der Waals surface area contributed by atoms with E-state index >= 15 is 0 Å². The van der Waals surface area contributed by atoms with E-state index in [1.165, 1.54) is 6.08 Å². The van der Waals surface area contributed by atoms with Crippen molar-refractivity contribution >= 4 is 5.97 Å². The van der Waals surface area contributed by atoms with Gasteiger partial charge in [-0.2, -0.15) is 0 Å². The quantitative estimate of drug-likeness (QED) is 0.0552. The first-order chi connectivity index (χ1) is 22.7. The molecular formula is C31H60O15. The Bertz CT molecular complexity index is 635. The summed E-state index contributed by atoms with van der Waals surface area (Å²) in [4.78, 5) is 11.3. The highest BCUT2D eigenvalue weighted by Gasteiger charge is 1.99. The fraction of sp³-hybridized carbons (Fsp3) is 0.903. The minimum atomic E-state index is -0.355. The van der Waals surface area contributed by atoms with Crippen LogP contribution in [0, 0.1) is 0 Å². The fourth-order valence-electron chi connectivity index (χ4n) is 3.06. The van der Waals surface area contributed by atoms with E-state index in [2.05, 4.69) is 0 Å². The zero-order chi connectivity index (χ0) is 33.4. The van der Waals surface area contributed by atoms with Crippen LogP contribution in [0.5, 0.6) is 0 Å². The lowest BCUT2D eigenvalue weighted by Crippen LogP contribution is -2.15. The largest absolute Gasteiger partial charge is 0.460 e. The van der Waals surface area contributed by atoms with Gasteiger partial charge in [-0.3, -0.25) is 0 Å². The molecular weight excluding hydrogens is 612 g/mol. The summed E-state index contributed by atoms with van der Waals surface area (Å²) in [6, 6.07) is 0. The summed E-state index contributed by atoms with van der Waals surface area (Å²) in [5.41, 5.74) is 0.897. The van der Waals surface area contributed by atoms with Gasteiger partial charge in [0.2, 0.25) is 0 Å². The van der Waals surface area contributed by atoms with Gasteiger partial charge >= 0.3 is 5.97 Å². The van der Waals surface area contributed by atoms with Gasteiger partial charge < -0.3 is 66.7 Å². The van der Waals surface area contributed by atoms with E-state index in [9.17, 15) is 4.79 Å². The van der Waals surface area contributed by atoms with Crippen molar-refractivity contribution in [3.05, 3.63) is 11.6 Å². The van der Waals surface area contributed by atoms with Crippen LogP contribution in [0.2, 0.25) is 0 Å². The van der Waals surface area contributed by atoms with Crippen molar-refractivity contribution in [2.75, 3.05) is 172 Å². The molecule has 0 unspecified atom stereocenters. The first kappa shape index (κ1) is 44.7. The number of hydrogen-bond acceptors (Lipinski definition) is 15. The molecule has 0 aromatic heterocycles. The summed E-state index contributed by atoms with van der Waals surface area (Å²) in [5.74, 6) is -0.355. The van der Waals surface area contributed by atoms with E-state index < -0.39 is 0 Å². The molecule has 0 saturated carbocycles. The lowest BCUT2D eigenvalue weighted by molar-refractivity contribution is -0.139. The van der Waals surface area contributed by atoms with E-state index in [1.807, 2.05) is 13.8 Å². The fourth-order valence-corrected chi connectivity index (χ4v) is 3.06. The van der Waals surface area contributed by atoms with E-state index in [1.54, 1.807) is 0 Å². The van der Waals surface area contributed by atoms with Gasteiger partial charge in [0.15, 0.2) is 0 Å². The summed E-state index contributed by atoms with van der Waals surface area (Å²) in [7, 11) is 0. The van der Waals surface area contributed by atoms with Crippen LogP contribution in [-0.4, -0.2) is 183 Å². The van der Waals surface area contributed by atoms with Crippen LogP contribution < -0.4 is 0 Å². The average molecular weight is 673 g/mol. The van der Waals surface area contributed by atoms with Crippen molar-refractivity contribution in [3.63, 3.8) is 0 Å². The summed E-state index contributed by atoms with van der Waals surface area (Å²) >= 11 is 0. The van der Waals surface area contributed by atoms with Crippen LogP contribution in [0.1, 0.15) is 13.8 Å². The average Bonchev–Trinajstić information content (AvgIpc) is 3.04. The lowest BCUT2D eigenvalue weighted by atomic mass is 10.3. The Morgan fingerprint density at radius 3 is 0.761 bits per heavy atom. The second-order valence-electron chi connectivity index (χ2n) is 9.46. The van der Waals surface area contributed by atoms with Gasteiger partial charge in [-0.05, 0) is 13.8 Å². The molecule has 1 N–H and O–H groups in total. The molecule has 0 bridgehead atoms. The number of rotatable bonds is 39. The highest BCUT2D eigenvalue weighted by Crippen LogP contribution is 1.91. The molecule has 0 saturated heterocycles. The SMILES string of the molecule is CC(C)=CC(=O)OCCOCCOCCOCCOCCOCCOCCOCCOCCOCCOCCOCCOCCO. The molecule has 0 aliphatic heterocycles. The smallest absolute Gasteiger partial charge is 0.330 e. The number of hydrogen-bond donors (Lipinski definition) is 1. The molecule has 0 fully saturated rings. The molecule has 0 aromatic carbocycles. The van der Waals surface area contributed by atoms with Crippen LogP contribution in [0.15, 0.2) is 11.6 Å². The van der Waals surface area contributed by atoms with Gasteiger partial charge in [0.1, 0.15) is 6.61 Å². The Morgan fingerprint density at radius 1 is 0.370 bits per heavy atom. The molecule has 0 rings (SSSR count). The summed E-state index contributed by atoms with van der Waals surface area (Å²) in [5, 5.41) is 8.57. The van der Waals surface area contributed by atoms with Crippen LogP contribution in [0.25, 0.3) is 0 Å². The third-order valence-electron chi connectivity index (χ3n) is 5.21. The van der Waals surface area contributed by atoms with E-state index in [0.717, 1.165) is 5.57 Å². The maximum Gasteiger partial charge on any atom is 0.330 e. The lowest BCUT2D eigenvalue weighted by Gasteiger charge is -2.09. The third kappa shape index (κ3) is 40.7. The third-order valence-corrected chi connectivity index (χ3v) is 5.21.